The lowest BCUT2D eigenvalue weighted by Gasteiger charge is -2.27. The van der Waals surface area contributed by atoms with Gasteiger partial charge in [0.2, 0.25) is 59.1 Å². The van der Waals surface area contributed by atoms with Crippen LogP contribution in [0, 0.1) is 0 Å². The summed E-state index contributed by atoms with van der Waals surface area (Å²) in [6.45, 7) is 0.511. The van der Waals surface area contributed by atoms with Gasteiger partial charge >= 0.3 is 11.9 Å². The molecule has 0 saturated carbocycles. The Bertz CT molecular complexity index is 3280. The molecule has 0 spiro atoms. The molecule has 0 unspecified atom stereocenters. The van der Waals surface area contributed by atoms with Gasteiger partial charge in [0.25, 0.3) is 0 Å². The van der Waals surface area contributed by atoms with Crippen molar-refractivity contribution in [3.63, 3.8) is 0 Å². The largest absolute Gasteiger partial charge is 0.508 e. The first-order valence-electron chi connectivity index (χ1n) is 29.0. The van der Waals surface area contributed by atoms with Gasteiger partial charge < -0.3 is 89.2 Å². The lowest BCUT2D eigenvalue weighted by atomic mass is 10.0. The van der Waals surface area contributed by atoms with E-state index in [4.69, 9.17) is 5.73 Å². The van der Waals surface area contributed by atoms with Gasteiger partial charge in [0.15, 0.2) is 0 Å². The summed E-state index contributed by atoms with van der Waals surface area (Å²) < 4.78 is 0. The number of amides is 10. The van der Waals surface area contributed by atoms with Gasteiger partial charge in [0, 0.05) is 73.5 Å². The Morgan fingerprint density at radius 3 is 1.35 bits per heavy atom. The van der Waals surface area contributed by atoms with Crippen LogP contribution in [0.4, 0.5) is 0 Å². The number of aliphatic carboxylic acids is 2. The van der Waals surface area contributed by atoms with Crippen LogP contribution in [0.5, 0.6) is 5.75 Å². The van der Waals surface area contributed by atoms with Crippen molar-refractivity contribution in [3.05, 3.63) is 120 Å². The number of hydrogen-bond acceptors (Lipinski definition) is 20. The van der Waals surface area contributed by atoms with Crippen molar-refractivity contribution in [3.8, 4) is 5.75 Å². The van der Waals surface area contributed by atoms with Crippen molar-refractivity contribution in [2.24, 2.45) is 5.73 Å². The molecule has 3 aromatic heterocycles. The SMILES string of the molecule is CSCC[C@H](NC(=O)[C@H](Cc1ccc(O)cc1)NC(=O)[C@H](CC(=O)O)NC(=O)[C@H](C)NC(=O)[C@H](Cc1cnc[nH]1)NC(=O)[C@H](Cc1ccccc1)NC(=O)[C@H](Cc1cnc[nH]1)NC(=O)[C@@H](N)CCSC)C(=O)N[C@@H](Cc1cnc[nH]1)C(=O)NCC(=O)N[C@@H](CS)C(=O)O. The van der Waals surface area contributed by atoms with E-state index in [1.165, 1.54) is 92.3 Å². The van der Waals surface area contributed by atoms with Crippen molar-refractivity contribution in [1.82, 2.24) is 83.1 Å². The zero-order valence-corrected chi connectivity index (χ0v) is 53.4. The third-order valence-electron chi connectivity index (χ3n) is 14.0. The number of phenolic OH excluding ortho intramolecular Hbond substituents is 1. The predicted molar refractivity (Wildman–Crippen MR) is 343 cm³/mol. The van der Waals surface area contributed by atoms with Crippen molar-refractivity contribution in [1.29, 1.82) is 0 Å². The molecular weight excluding hydrogens is 1270 g/mol. The van der Waals surface area contributed by atoms with Crippen molar-refractivity contribution in [2.45, 2.75) is 119 Å². The number of aromatic nitrogens is 6. The second-order valence-electron chi connectivity index (χ2n) is 21.2. The number of nitrogens with one attached hydrogen (secondary N) is 13. The number of imidazole rings is 3. The summed E-state index contributed by atoms with van der Waals surface area (Å²) in [5.41, 5.74) is 8.29. The first-order chi connectivity index (χ1) is 44.5. The molecule has 2 aromatic carbocycles. The van der Waals surface area contributed by atoms with Gasteiger partial charge in [-0.1, -0.05) is 42.5 Å². The number of carboxylic acids is 2. The average molecular weight is 1350 g/mol. The van der Waals surface area contributed by atoms with E-state index in [1.807, 2.05) is 6.26 Å². The Labute approximate surface area is 547 Å². The molecule has 0 saturated heterocycles. The molecule has 0 aliphatic heterocycles. The van der Waals surface area contributed by atoms with Gasteiger partial charge in [0.1, 0.15) is 60.1 Å². The monoisotopic (exact) mass is 1350 g/mol. The highest BCUT2D eigenvalue weighted by Crippen LogP contribution is 2.14. The van der Waals surface area contributed by atoms with Gasteiger partial charge in [-0.25, -0.2) is 19.7 Å². The van der Waals surface area contributed by atoms with Gasteiger partial charge in [-0.05, 0) is 67.0 Å². The average Bonchev–Trinajstić information content (AvgIpc) is 2.78. The van der Waals surface area contributed by atoms with Crippen LogP contribution < -0.4 is 58.9 Å². The van der Waals surface area contributed by atoms with Crippen molar-refractivity contribution in [2.75, 3.05) is 36.3 Å². The number of thioether (sulfide) groups is 2. The predicted octanol–water partition coefficient (Wildman–Crippen LogP) is -3.10. The van der Waals surface area contributed by atoms with E-state index in [9.17, 15) is 72.9 Å². The van der Waals surface area contributed by atoms with Crippen LogP contribution in [0.3, 0.4) is 0 Å². The molecule has 93 heavy (non-hydrogen) atoms. The standard InChI is InChI=1S/C58H77N17O15S3/c1-31(67-53(84)43(20-35-24-61-29-65-35)75-55(86)40(17-32-7-5-4-6-8-32)72-56(87)44(21-36-25-62-30-66-36)71-50(81)38(59)13-15-92-2)49(80)70-45(22-48(78)79)57(88)73-41(18-33-9-11-37(76)12-10-33)54(85)69-39(14-16-93-3)52(83)74-42(19-34-23-60-28-64-34)51(82)63-26-47(77)68-46(27-91)58(89)90/h4-12,23-25,28-31,38-46,76,91H,13-22,26-27,59H2,1-3H3,(H,60,64)(H,61,65)(H,62,66)(H,63,82)(H,67,84)(H,68,77)(H,69,85)(H,70,80)(H,71,81)(H,72,87)(H,73,88)(H,74,83)(H,75,86)(H,78,79)(H,89,90)/t31-,38-,39-,40-,41-,42-,43-,44-,45-,46-/m0/s1. The Morgan fingerprint density at radius 2 is 0.903 bits per heavy atom. The maximum absolute atomic E-state index is 14.5. The van der Waals surface area contributed by atoms with Gasteiger partial charge in [-0.3, -0.25) is 52.7 Å². The molecule has 5 aromatic rings. The van der Waals surface area contributed by atoms with Crippen LogP contribution >= 0.6 is 36.2 Å². The Kier molecular flexibility index (Phi) is 30.6. The number of nitrogens with zero attached hydrogens (tertiary/aromatic N) is 3. The molecule has 3 heterocycles. The fourth-order valence-electron chi connectivity index (χ4n) is 8.91. The molecule has 35 heteroatoms. The number of phenols is 1. The number of rotatable bonds is 40. The van der Waals surface area contributed by atoms with E-state index < -0.39 is 144 Å². The van der Waals surface area contributed by atoms with Crippen LogP contribution in [0.1, 0.15) is 54.4 Å². The third-order valence-corrected chi connectivity index (χ3v) is 15.6. The number of benzene rings is 2. The highest BCUT2D eigenvalue weighted by Gasteiger charge is 2.36. The number of thiol groups is 1. The number of carboxylic acid groups (broad SMARTS) is 2. The fourth-order valence-corrected chi connectivity index (χ4v) is 10.1. The Morgan fingerprint density at radius 1 is 0.495 bits per heavy atom. The summed E-state index contributed by atoms with van der Waals surface area (Å²) in [4.78, 5) is 184. The summed E-state index contributed by atoms with van der Waals surface area (Å²) in [6, 6.07) is -0.435. The molecule has 0 fully saturated rings. The Balaban J connectivity index is 1.35. The maximum Gasteiger partial charge on any atom is 0.327 e. The molecule has 0 aliphatic carbocycles. The molecule has 10 atom stereocenters. The second kappa shape index (κ2) is 38.4. The molecule has 502 valence electrons. The minimum absolute atomic E-state index is 0.0539. The van der Waals surface area contributed by atoms with Gasteiger partial charge in [-0.15, -0.1) is 0 Å². The van der Waals surface area contributed by atoms with Crippen LogP contribution in [0.2, 0.25) is 0 Å². The van der Waals surface area contributed by atoms with E-state index >= 15 is 0 Å². The summed E-state index contributed by atoms with van der Waals surface area (Å²) in [7, 11) is 0. The van der Waals surface area contributed by atoms with Crippen LogP contribution in [-0.2, 0) is 89.6 Å². The van der Waals surface area contributed by atoms with Crippen molar-refractivity contribution < 1.29 is 72.9 Å². The maximum atomic E-state index is 14.5. The van der Waals surface area contributed by atoms with Gasteiger partial charge in [-0.2, -0.15) is 36.2 Å². The smallest absolute Gasteiger partial charge is 0.327 e. The number of nitrogens with two attached hydrogens (primary N) is 1. The summed E-state index contributed by atoms with van der Waals surface area (Å²) >= 11 is 6.69. The summed E-state index contributed by atoms with van der Waals surface area (Å²) in [5.74, 6) is -11.7. The van der Waals surface area contributed by atoms with Gasteiger partial charge in [0.05, 0.1) is 38.0 Å². The quantitative estimate of drug-likeness (QED) is 0.0173. The van der Waals surface area contributed by atoms with Crippen LogP contribution in [0.15, 0.2) is 92.2 Å². The summed E-state index contributed by atoms with van der Waals surface area (Å²) in [6.07, 6.45) is 10.0. The molecule has 0 aliphatic rings. The zero-order valence-electron chi connectivity index (χ0n) is 50.8. The summed E-state index contributed by atoms with van der Waals surface area (Å²) in [5, 5.41) is 54.5. The lowest BCUT2D eigenvalue weighted by Crippen LogP contribution is -2.61. The number of H-pyrrole nitrogens is 3. The number of aromatic hydroxyl groups is 1. The number of carbonyl (C=O) groups excluding carboxylic acids is 10. The number of carbonyl (C=O) groups is 12. The molecule has 18 N–H and O–H groups in total. The van der Waals surface area contributed by atoms with E-state index in [1.54, 1.807) is 36.6 Å². The molecule has 0 radical (unpaired) electrons. The molecule has 32 nitrogen and oxygen atoms in total. The highest BCUT2D eigenvalue weighted by molar-refractivity contribution is 7.98. The lowest BCUT2D eigenvalue weighted by molar-refractivity contribution is -0.141. The van der Waals surface area contributed by atoms with Crippen molar-refractivity contribution >= 4 is 107 Å². The van der Waals surface area contributed by atoms with E-state index in [-0.39, 0.29) is 55.8 Å². The Hall–Kier alpha value is -9.48. The van der Waals surface area contributed by atoms with E-state index in [0.717, 1.165) is 0 Å². The third kappa shape index (κ3) is 25.6. The number of hydrogen-bond donors (Lipinski definition) is 18. The topological polar surface area (TPSA) is 498 Å². The molecule has 10 amide bonds. The molecular formula is C58H77N17O15S3. The first kappa shape index (κ1) is 74.2. The number of aromatic amines is 3. The zero-order chi connectivity index (χ0) is 68.0. The molecule has 5 rings (SSSR count). The first-order valence-corrected chi connectivity index (χ1v) is 32.4. The normalized spacial score (nSPS) is 14.2. The fraction of sp³-hybridized carbons (Fsp3) is 0.431. The minimum Gasteiger partial charge on any atom is -0.508 e. The van der Waals surface area contributed by atoms with E-state index in [2.05, 4.69) is 95.7 Å². The van der Waals surface area contributed by atoms with Crippen LogP contribution in [-0.4, -0.2) is 213 Å². The highest BCUT2D eigenvalue weighted by atomic mass is 32.2. The van der Waals surface area contributed by atoms with Crippen LogP contribution in [0.25, 0.3) is 0 Å². The second-order valence-corrected chi connectivity index (χ2v) is 23.5. The minimum atomic E-state index is -1.94. The van der Waals surface area contributed by atoms with E-state index in [0.29, 0.717) is 40.4 Å². The molecule has 0 bridgehead atoms.